The third kappa shape index (κ3) is 3.02. The number of rotatable bonds is 5. The Kier molecular flexibility index (Phi) is 4.37. The third-order valence-corrected chi connectivity index (χ3v) is 4.27. The minimum absolute atomic E-state index is 0.0979. The molecule has 0 amide bonds. The zero-order valence-electron chi connectivity index (χ0n) is 11.1. The van der Waals surface area contributed by atoms with Gasteiger partial charge in [-0.05, 0) is 4.91 Å². The van der Waals surface area contributed by atoms with E-state index in [4.69, 9.17) is 16.0 Å². The van der Waals surface area contributed by atoms with Crippen molar-refractivity contribution in [1.82, 2.24) is 5.16 Å². The lowest BCUT2D eigenvalue weighted by Gasteiger charge is -2.13. The maximum atomic E-state index is 11.7. The molecule has 2 atom stereocenters. The van der Waals surface area contributed by atoms with Crippen molar-refractivity contribution in [3.05, 3.63) is 37.7 Å². The summed E-state index contributed by atoms with van der Waals surface area (Å²) in [7, 11) is 0. The number of aliphatic carboxylic acids is 1. The summed E-state index contributed by atoms with van der Waals surface area (Å²) >= 11 is 0.733. The predicted octanol–water partition coefficient (Wildman–Crippen LogP) is -1.32. The molecule has 14 heteroatoms. The van der Waals surface area contributed by atoms with Crippen LogP contribution in [0.3, 0.4) is 0 Å². The van der Waals surface area contributed by atoms with Gasteiger partial charge in [0.25, 0.3) is 17.1 Å². The number of carboxylic acid groups (broad SMARTS) is 1. The van der Waals surface area contributed by atoms with E-state index in [1.165, 1.54) is 0 Å². The number of nitrogens with two attached hydrogens (primary N) is 1. The Morgan fingerprint density at radius 2 is 2.26 bits per heavy atom. The topological polar surface area (TPSA) is 205 Å². The van der Waals surface area contributed by atoms with Crippen molar-refractivity contribution in [2.75, 3.05) is 5.75 Å². The molecular formula is C9H10N5O8S+. The smallest absolute Gasteiger partial charge is 0.330 e. The molecule has 0 aromatic carbocycles. The van der Waals surface area contributed by atoms with E-state index in [1.54, 1.807) is 0 Å². The van der Waals surface area contributed by atoms with Gasteiger partial charge in [-0.15, -0.1) is 11.8 Å². The molecule has 23 heavy (non-hydrogen) atoms. The molecule has 1 aliphatic rings. The Labute approximate surface area is 129 Å². The van der Waals surface area contributed by atoms with E-state index in [-0.39, 0.29) is 21.7 Å². The summed E-state index contributed by atoms with van der Waals surface area (Å²) in [5, 5.41) is 41.0. The van der Waals surface area contributed by atoms with Crippen LogP contribution in [0.15, 0.2) is 10.7 Å². The highest BCUT2D eigenvalue weighted by molar-refractivity contribution is 8.00. The first kappa shape index (κ1) is 16.5. The highest BCUT2D eigenvalue weighted by Crippen LogP contribution is 2.37. The molecule has 0 spiro atoms. The fourth-order valence-electron chi connectivity index (χ4n) is 1.85. The summed E-state index contributed by atoms with van der Waals surface area (Å²) < 4.78 is 4.33. The van der Waals surface area contributed by atoms with Crippen LogP contribution in [0.4, 0.5) is 0 Å². The van der Waals surface area contributed by atoms with Crippen molar-refractivity contribution in [3.8, 4) is 0 Å². The van der Waals surface area contributed by atoms with Crippen molar-refractivity contribution in [1.29, 1.82) is 0 Å². The SMILES string of the molecule is N[C@@H](CS[C@@H]1C(=[N+]([O-])O)C=C([N+](=O)[O-])c2[nH]o[n+](=O)c21)C(=O)O. The van der Waals surface area contributed by atoms with Gasteiger partial charge in [0.05, 0.1) is 11.0 Å². The molecule has 0 saturated heterocycles. The number of nitrogens with zero attached hydrogens (tertiary/aromatic N) is 3. The van der Waals surface area contributed by atoms with Gasteiger partial charge in [-0.1, -0.05) is 9.79 Å². The summed E-state index contributed by atoms with van der Waals surface area (Å²) in [4.78, 5) is 31.9. The van der Waals surface area contributed by atoms with Gasteiger partial charge in [0, 0.05) is 10.7 Å². The van der Waals surface area contributed by atoms with Gasteiger partial charge in [0.15, 0.2) is 9.85 Å². The van der Waals surface area contributed by atoms with E-state index in [1.807, 2.05) is 5.16 Å². The molecule has 0 unspecified atom stereocenters. The average molecular weight is 348 g/mol. The number of hydrogen-bond acceptors (Lipinski definition) is 9. The van der Waals surface area contributed by atoms with Gasteiger partial charge in [0.2, 0.25) is 0 Å². The summed E-state index contributed by atoms with van der Waals surface area (Å²) in [6.45, 7) is 0. The standard InChI is InChI=1S/C9H9N5O8S/c10-3(9(15)16)2-23-8-5(13(19)20)1-4(12(17)18)6-7(8)14(21)22-11-6/h1,3,8H,2,10H2,(H2-,11,15,16,19,20,21)/p+1/t3-,8+/m0/s1. The maximum Gasteiger partial charge on any atom is 0.330 e. The molecule has 1 aromatic rings. The monoisotopic (exact) mass is 348 g/mol. The van der Waals surface area contributed by atoms with E-state index in [0.717, 1.165) is 17.8 Å². The number of hydrogen-bond donors (Lipinski definition) is 4. The number of nitro groups is 1. The van der Waals surface area contributed by atoms with Crippen molar-refractivity contribution in [2.24, 2.45) is 5.73 Å². The van der Waals surface area contributed by atoms with Gasteiger partial charge in [-0.3, -0.25) is 20.1 Å². The second-order valence-electron chi connectivity index (χ2n) is 4.35. The molecular weight excluding hydrogens is 338 g/mol. The average Bonchev–Trinajstić information content (AvgIpc) is 2.85. The molecule has 124 valence electrons. The Morgan fingerprint density at radius 1 is 1.61 bits per heavy atom. The lowest BCUT2D eigenvalue weighted by Crippen LogP contribution is -2.35. The number of H-pyrrole nitrogens is 1. The lowest BCUT2D eigenvalue weighted by molar-refractivity contribution is -0.730. The van der Waals surface area contributed by atoms with E-state index in [0.29, 0.717) is 0 Å². The molecule has 0 fully saturated rings. The van der Waals surface area contributed by atoms with Gasteiger partial charge in [-0.2, -0.15) is 0 Å². The molecule has 0 bridgehead atoms. The van der Waals surface area contributed by atoms with E-state index in [9.17, 15) is 25.0 Å². The van der Waals surface area contributed by atoms with Gasteiger partial charge in [-0.25, -0.2) is 0 Å². The summed E-state index contributed by atoms with van der Waals surface area (Å²) in [6.07, 6.45) is 0.755. The fourth-order valence-corrected chi connectivity index (χ4v) is 3.09. The Hall–Kier alpha value is -2.87. The molecule has 0 saturated carbocycles. The number of thioether (sulfide) groups is 1. The quantitative estimate of drug-likeness (QED) is 0.214. The number of allylic oxidation sites excluding steroid dienone is 1. The number of nitrogens with one attached hydrogen (secondary N) is 1. The molecule has 2 rings (SSSR count). The highest BCUT2D eigenvalue weighted by atomic mass is 32.2. The first-order chi connectivity index (χ1) is 10.7. The molecule has 0 radical (unpaired) electrons. The Morgan fingerprint density at radius 3 is 2.78 bits per heavy atom. The normalized spacial score (nSPS) is 20.4. The van der Waals surface area contributed by atoms with Gasteiger partial charge in [0.1, 0.15) is 6.04 Å². The number of carboxylic acids is 1. The summed E-state index contributed by atoms with van der Waals surface area (Å²) in [5.41, 5.74) is 3.49. The maximum absolute atomic E-state index is 11.7. The van der Waals surface area contributed by atoms with Crippen LogP contribution in [-0.4, -0.2) is 48.8 Å². The highest BCUT2D eigenvalue weighted by Gasteiger charge is 2.48. The number of aromatic nitrogens is 2. The van der Waals surface area contributed by atoms with Crippen LogP contribution in [0, 0.1) is 20.2 Å². The predicted molar refractivity (Wildman–Crippen MR) is 72.6 cm³/mol. The number of fused-ring (bicyclic) bond motifs is 1. The zero-order valence-corrected chi connectivity index (χ0v) is 11.9. The molecule has 1 aromatic heterocycles. The minimum Gasteiger partial charge on any atom is -0.480 e. The molecule has 0 aliphatic heterocycles. The van der Waals surface area contributed by atoms with E-state index in [2.05, 4.69) is 4.63 Å². The second kappa shape index (κ2) is 6.09. The summed E-state index contributed by atoms with van der Waals surface area (Å²) in [6, 6.07) is -1.31. The first-order valence-electron chi connectivity index (χ1n) is 5.87. The van der Waals surface area contributed by atoms with Crippen molar-refractivity contribution in [3.63, 3.8) is 0 Å². The molecule has 13 nitrogen and oxygen atoms in total. The van der Waals surface area contributed by atoms with Crippen LogP contribution in [0.2, 0.25) is 0 Å². The number of aromatic amines is 1. The summed E-state index contributed by atoms with van der Waals surface area (Å²) in [5.74, 6) is -1.54. The van der Waals surface area contributed by atoms with Crippen molar-refractivity contribution < 1.29 is 34.2 Å². The largest absolute Gasteiger partial charge is 0.480 e. The minimum atomic E-state index is -1.31. The van der Waals surface area contributed by atoms with Gasteiger partial charge >= 0.3 is 11.7 Å². The third-order valence-electron chi connectivity index (χ3n) is 2.92. The Balaban J connectivity index is 2.50. The lowest BCUT2D eigenvalue weighted by atomic mass is 10.0. The van der Waals surface area contributed by atoms with E-state index < -0.39 is 38.5 Å². The van der Waals surface area contributed by atoms with Crippen LogP contribution >= 0.6 is 11.8 Å². The zero-order chi connectivity index (χ0) is 17.3. The van der Waals surface area contributed by atoms with E-state index >= 15 is 0 Å². The fraction of sp³-hybridized carbons (Fsp3) is 0.333. The van der Waals surface area contributed by atoms with Crippen LogP contribution in [-0.2, 0) is 4.79 Å². The number of carbonyl (C=O) groups is 1. The molecule has 1 aliphatic carbocycles. The van der Waals surface area contributed by atoms with Gasteiger partial charge < -0.3 is 16.0 Å². The second-order valence-corrected chi connectivity index (χ2v) is 5.49. The van der Waals surface area contributed by atoms with Crippen LogP contribution in [0.5, 0.6) is 0 Å². The molecule has 1 heterocycles. The van der Waals surface area contributed by atoms with Crippen molar-refractivity contribution >= 4 is 29.1 Å². The van der Waals surface area contributed by atoms with Crippen LogP contribution in [0.25, 0.3) is 5.70 Å². The molecule has 5 N–H and O–H groups in total. The van der Waals surface area contributed by atoms with Crippen molar-refractivity contribution in [2.45, 2.75) is 11.3 Å². The van der Waals surface area contributed by atoms with Crippen LogP contribution in [0.1, 0.15) is 16.6 Å². The Bertz CT molecular complexity index is 775. The van der Waals surface area contributed by atoms with Crippen LogP contribution < -0.4 is 10.3 Å². The first-order valence-corrected chi connectivity index (χ1v) is 6.92.